The molecule has 1 amide bonds. The number of carbonyl (C=O) groups excluding carboxylic acids is 1. The number of hydrogen-bond donors (Lipinski definition) is 3. The molecular weight excluding hydrogens is 386 g/mol. The van der Waals surface area contributed by atoms with Crippen LogP contribution in [0, 0.1) is 0 Å². The molecule has 0 aromatic carbocycles. The van der Waals surface area contributed by atoms with Crippen LogP contribution in [0.4, 0.5) is 5.95 Å². The van der Waals surface area contributed by atoms with Crippen molar-refractivity contribution >= 4 is 11.9 Å². The molecule has 0 saturated carbocycles. The van der Waals surface area contributed by atoms with Crippen molar-refractivity contribution in [2.75, 3.05) is 25.4 Å². The number of aliphatic hydroxyl groups is 1. The lowest BCUT2D eigenvalue weighted by Crippen LogP contribution is -2.69. The van der Waals surface area contributed by atoms with Crippen LogP contribution in [0.1, 0.15) is 42.2 Å². The van der Waals surface area contributed by atoms with E-state index < -0.39 is 17.2 Å². The molecule has 4 N–H and O–H groups in total. The van der Waals surface area contributed by atoms with Gasteiger partial charge in [0.15, 0.2) is 0 Å². The Bertz CT molecular complexity index is 892. The van der Waals surface area contributed by atoms with Crippen molar-refractivity contribution in [1.82, 2.24) is 29.7 Å². The van der Waals surface area contributed by atoms with Crippen LogP contribution < -0.4 is 11.1 Å². The minimum absolute atomic E-state index is 0.241. The van der Waals surface area contributed by atoms with Gasteiger partial charge in [0.05, 0.1) is 23.7 Å². The number of aromatic nitrogens is 4. The average Bonchev–Trinajstić information content (AvgIpc) is 3.16. The second-order valence-corrected chi connectivity index (χ2v) is 8.55. The van der Waals surface area contributed by atoms with Crippen LogP contribution in [0.15, 0.2) is 24.9 Å². The maximum absolute atomic E-state index is 12.7. The molecule has 10 heteroatoms. The molecule has 2 aliphatic rings. The number of ether oxygens (including phenoxy) is 1. The number of aryl methyl sites for hydroxylation is 1. The summed E-state index contributed by atoms with van der Waals surface area (Å²) in [6.07, 6.45) is 7.69. The molecule has 30 heavy (non-hydrogen) atoms. The van der Waals surface area contributed by atoms with Gasteiger partial charge in [-0.15, -0.1) is 0 Å². The largest absolute Gasteiger partial charge is 0.388 e. The Balaban J connectivity index is 1.41. The molecule has 0 radical (unpaired) electrons. The number of imidazole rings is 1. The molecule has 2 saturated heterocycles. The molecule has 0 unspecified atom stereocenters. The van der Waals surface area contributed by atoms with E-state index in [2.05, 4.69) is 25.2 Å². The van der Waals surface area contributed by atoms with Crippen molar-refractivity contribution in [2.24, 2.45) is 7.05 Å². The number of carbonyl (C=O) groups is 1. The fourth-order valence-corrected chi connectivity index (χ4v) is 4.50. The minimum atomic E-state index is -0.807. The zero-order valence-corrected chi connectivity index (χ0v) is 17.4. The number of nitrogen functional groups attached to an aromatic ring is 1. The number of aliphatic hydroxyl groups excluding tert-OH is 1. The smallest absolute Gasteiger partial charge is 0.270 e. The van der Waals surface area contributed by atoms with Crippen molar-refractivity contribution in [3.8, 4) is 0 Å². The van der Waals surface area contributed by atoms with Crippen molar-refractivity contribution in [3.05, 3.63) is 36.2 Å². The lowest BCUT2D eigenvalue weighted by atomic mass is 9.73. The summed E-state index contributed by atoms with van der Waals surface area (Å²) in [5.74, 6) is 0.0249. The quantitative estimate of drug-likeness (QED) is 0.641. The van der Waals surface area contributed by atoms with Crippen molar-refractivity contribution in [1.29, 1.82) is 0 Å². The molecular formula is C20H29N7O3. The Hall–Kier alpha value is -2.56. The van der Waals surface area contributed by atoms with E-state index >= 15 is 0 Å². The molecule has 2 aromatic rings. The van der Waals surface area contributed by atoms with E-state index in [9.17, 15) is 9.90 Å². The van der Waals surface area contributed by atoms with E-state index in [0.29, 0.717) is 31.6 Å². The Morgan fingerprint density at radius 2 is 2.00 bits per heavy atom. The van der Waals surface area contributed by atoms with Crippen molar-refractivity contribution < 1.29 is 14.6 Å². The molecule has 4 rings (SSSR count). The van der Waals surface area contributed by atoms with E-state index in [4.69, 9.17) is 10.5 Å². The number of nitrogens with zero attached hydrogens (tertiary/aromatic N) is 5. The summed E-state index contributed by atoms with van der Waals surface area (Å²) in [5, 5.41) is 14.4. The fourth-order valence-electron chi connectivity index (χ4n) is 4.50. The molecule has 1 spiro atoms. The summed E-state index contributed by atoms with van der Waals surface area (Å²) in [5.41, 5.74) is 5.58. The first-order valence-electron chi connectivity index (χ1n) is 10.2. The van der Waals surface area contributed by atoms with Gasteiger partial charge in [0, 0.05) is 51.2 Å². The lowest BCUT2D eigenvalue weighted by Gasteiger charge is -2.53. The summed E-state index contributed by atoms with van der Waals surface area (Å²) in [7, 11) is 1.77. The average molecular weight is 415 g/mol. The molecule has 2 fully saturated rings. The highest BCUT2D eigenvalue weighted by Crippen LogP contribution is 2.40. The molecule has 2 aliphatic heterocycles. The van der Waals surface area contributed by atoms with Gasteiger partial charge in [0.1, 0.15) is 11.8 Å². The van der Waals surface area contributed by atoms with Crippen LogP contribution in [0.25, 0.3) is 0 Å². The summed E-state index contributed by atoms with van der Waals surface area (Å²) in [6.45, 7) is 4.65. The number of nitrogens with one attached hydrogen (secondary N) is 1. The monoisotopic (exact) mass is 415 g/mol. The van der Waals surface area contributed by atoms with Gasteiger partial charge in [0.25, 0.3) is 5.91 Å². The second kappa shape index (κ2) is 7.93. The first-order valence-corrected chi connectivity index (χ1v) is 10.2. The SMILES string of the molecule is Cn1cncc1C(=O)N[C@]1(C)CCOC2(CCN(Cc3cnc(N)nc3)CC2)[C@H]1O. The van der Waals surface area contributed by atoms with Crippen LogP contribution >= 0.6 is 0 Å². The molecule has 10 nitrogen and oxygen atoms in total. The molecule has 162 valence electrons. The van der Waals surface area contributed by atoms with E-state index in [0.717, 1.165) is 25.2 Å². The number of likely N-dealkylation sites (tertiary alicyclic amines) is 1. The number of anilines is 1. The predicted octanol–water partition coefficient (Wildman–Crippen LogP) is 0.0968. The molecule has 4 heterocycles. The summed E-state index contributed by atoms with van der Waals surface area (Å²) in [4.78, 5) is 27.1. The standard InChI is InChI=1S/C20H29N7O3/c1-19(25-16(28)15-11-22-13-26(15)2)5-8-30-20(17(19)29)3-6-27(7-4-20)12-14-9-23-18(21)24-10-14/h9-11,13,17,29H,3-8,12H2,1-2H3,(H,25,28)(H2,21,23,24)/t17-,19+/m0/s1. The van der Waals surface area contributed by atoms with E-state index in [-0.39, 0.29) is 11.9 Å². The van der Waals surface area contributed by atoms with Gasteiger partial charge < -0.3 is 25.5 Å². The Kier molecular flexibility index (Phi) is 5.48. The van der Waals surface area contributed by atoms with Crippen LogP contribution in [0.3, 0.4) is 0 Å². The summed E-state index contributed by atoms with van der Waals surface area (Å²) < 4.78 is 7.80. The van der Waals surface area contributed by atoms with Gasteiger partial charge in [-0.1, -0.05) is 0 Å². The predicted molar refractivity (Wildman–Crippen MR) is 109 cm³/mol. The van der Waals surface area contributed by atoms with Gasteiger partial charge in [-0.05, 0) is 26.2 Å². The minimum Gasteiger partial charge on any atom is -0.388 e. The van der Waals surface area contributed by atoms with Gasteiger partial charge >= 0.3 is 0 Å². The Morgan fingerprint density at radius 1 is 1.30 bits per heavy atom. The number of nitrogens with two attached hydrogens (primary N) is 1. The van der Waals surface area contributed by atoms with E-state index in [1.807, 2.05) is 6.92 Å². The van der Waals surface area contributed by atoms with E-state index in [1.54, 1.807) is 30.3 Å². The van der Waals surface area contributed by atoms with Gasteiger partial charge in [-0.25, -0.2) is 15.0 Å². The molecule has 0 aliphatic carbocycles. The normalized spacial score (nSPS) is 26.6. The topological polar surface area (TPSA) is 131 Å². The highest BCUT2D eigenvalue weighted by atomic mass is 16.5. The lowest BCUT2D eigenvalue weighted by molar-refractivity contribution is -0.205. The highest BCUT2D eigenvalue weighted by molar-refractivity contribution is 5.92. The third-order valence-corrected chi connectivity index (χ3v) is 6.40. The zero-order chi connectivity index (χ0) is 21.4. The summed E-state index contributed by atoms with van der Waals surface area (Å²) in [6, 6.07) is 0. The molecule has 2 atom stereocenters. The van der Waals surface area contributed by atoms with Crippen LogP contribution in [0.2, 0.25) is 0 Å². The Labute approximate surface area is 175 Å². The zero-order valence-electron chi connectivity index (χ0n) is 17.4. The van der Waals surface area contributed by atoms with E-state index in [1.165, 1.54) is 6.20 Å². The maximum Gasteiger partial charge on any atom is 0.270 e. The number of hydrogen-bond acceptors (Lipinski definition) is 8. The van der Waals surface area contributed by atoms with Gasteiger partial charge in [0.2, 0.25) is 5.95 Å². The third kappa shape index (κ3) is 3.90. The van der Waals surface area contributed by atoms with Crippen LogP contribution in [0.5, 0.6) is 0 Å². The third-order valence-electron chi connectivity index (χ3n) is 6.40. The maximum atomic E-state index is 12.7. The molecule has 2 aromatic heterocycles. The van der Waals surface area contributed by atoms with Gasteiger partial charge in [-0.2, -0.15) is 0 Å². The van der Waals surface area contributed by atoms with Gasteiger partial charge in [-0.3, -0.25) is 9.69 Å². The Morgan fingerprint density at radius 3 is 2.63 bits per heavy atom. The fraction of sp³-hybridized carbons (Fsp3) is 0.600. The number of piperidine rings is 1. The first kappa shape index (κ1) is 20.7. The summed E-state index contributed by atoms with van der Waals surface area (Å²) >= 11 is 0. The highest BCUT2D eigenvalue weighted by Gasteiger charge is 2.53. The van der Waals surface area contributed by atoms with Crippen LogP contribution in [-0.4, -0.2) is 72.4 Å². The second-order valence-electron chi connectivity index (χ2n) is 8.55. The van der Waals surface area contributed by atoms with Crippen molar-refractivity contribution in [3.63, 3.8) is 0 Å². The van der Waals surface area contributed by atoms with Crippen molar-refractivity contribution in [2.45, 2.75) is 50.0 Å². The number of rotatable bonds is 4. The first-order chi connectivity index (χ1) is 14.3. The van der Waals surface area contributed by atoms with Crippen LogP contribution in [-0.2, 0) is 18.3 Å². The number of amides is 1. The molecule has 0 bridgehead atoms.